The van der Waals surface area contributed by atoms with E-state index in [4.69, 9.17) is 0 Å². The first-order chi connectivity index (χ1) is 6.86. The highest BCUT2D eigenvalue weighted by Crippen LogP contribution is 2.40. The van der Waals surface area contributed by atoms with E-state index >= 15 is 0 Å². The van der Waals surface area contributed by atoms with Crippen LogP contribution in [0, 0.1) is 0 Å². The molecule has 0 aromatic heterocycles. The molecule has 4 atom stereocenters. The SMILES string of the molecule is O[C@H]1CC[C@@H]2CCC[C@@H]3CCC[C@H]1N32. The van der Waals surface area contributed by atoms with Crippen molar-refractivity contribution in [3.63, 3.8) is 0 Å². The van der Waals surface area contributed by atoms with E-state index in [-0.39, 0.29) is 6.10 Å². The zero-order chi connectivity index (χ0) is 9.54. The Kier molecular flexibility index (Phi) is 2.29. The van der Waals surface area contributed by atoms with Gasteiger partial charge in [0.2, 0.25) is 0 Å². The van der Waals surface area contributed by atoms with Gasteiger partial charge in [-0.05, 0) is 38.5 Å². The Hall–Kier alpha value is -0.0800. The summed E-state index contributed by atoms with van der Waals surface area (Å²) in [7, 11) is 0. The van der Waals surface area contributed by atoms with E-state index in [1.54, 1.807) is 0 Å². The quantitative estimate of drug-likeness (QED) is 0.638. The van der Waals surface area contributed by atoms with Crippen LogP contribution in [0.5, 0.6) is 0 Å². The van der Waals surface area contributed by atoms with Gasteiger partial charge in [-0.2, -0.15) is 0 Å². The smallest absolute Gasteiger partial charge is 0.0696 e. The van der Waals surface area contributed by atoms with E-state index in [1.165, 1.54) is 44.9 Å². The maximum absolute atomic E-state index is 10.0. The number of rotatable bonds is 0. The van der Waals surface area contributed by atoms with Crippen LogP contribution in [0.15, 0.2) is 0 Å². The molecule has 0 aromatic rings. The highest BCUT2D eigenvalue weighted by molar-refractivity contribution is 4.98. The molecule has 0 aliphatic carbocycles. The minimum atomic E-state index is -0.0212. The van der Waals surface area contributed by atoms with E-state index in [0.29, 0.717) is 6.04 Å². The Morgan fingerprint density at radius 3 is 2.21 bits per heavy atom. The van der Waals surface area contributed by atoms with Crippen molar-refractivity contribution < 1.29 is 5.11 Å². The van der Waals surface area contributed by atoms with Crippen molar-refractivity contribution in [3.05, 3.63) is 0 Å². The van der Waals surface area contributed by atoms with Crippen LogP contribution < -0.4 is 0 Å². The first-order valence-electron chi connectivity index (χ1n) is 6.32. The molecule has 3 aliphatic rings. The van der Waals surface area contributed by atoms with Crippen LogP contribution in [0.25, 0.3) is 0 Å². The van der Waals surface area contributed by atoms with Gasteiger partial charge in [0.25, 0.3) is 0 Å². The van der Waals surface area contributed by atoms with Gasteiger partial charge in [-0.15, -0.1) is 0 Å². The maximum atomic E-state index is 10.0. The molecule has 3 aliphatic heterocycles. The molecular weight excluding hydrogens is 174 g/mol. The number of piperidine rings is 3. The molecule has 3 rings (SSSR count). The van der Waals surface area contributed by atoms with Crippen LogP contribution in [0.2, 0.25) is 0 Å². The number of aliphatic hydroxyl groups is 1. The highest BCUT2D eigenvalue weighted by atomic mass is 16.3. The van der Waals surface area contributed by atoms with Crippen LogP contribution in [0.3, 0.4) is 0 Å². The van der Waals surface area contributed by atoms with Gasteiger partial charge < -0.3 is 5.11 Å². The van der Waals surface area contributed by atoms with Crippen molar-refractivity contribution in [3.8, 4) is 0 Å². The van der Waals surface area contributed by atoms with Crippen LogP contribution in [-0.2, 0) is 0 Å². The largest absolute Gasteiger partial charge is 0.391 e. The second-order valence-electron chi connectivity index (χ2n) is 5.33. The molecule has 0 amide bonds. The summed E-state index contributed by atoms with van der Waals surface area (Å²) in [5.74, 6) is 0. The lowest BCUT2D eigenvalue weighted by Gasteiger charge is -2.54. The fourth-order valence-corrected chi connectivity index (χ4v) is 3.97. The Morgan fingerprint density at radius 1 is 0.786 bits per heavy atom. The van der Waals surface area contributed by atoms with Gasteiger partial charge in [-0.25, -0.2) is 0 Å². The predicted molar refractivity (Wildman–Crippen MR) is 56.1 cm³/mol. The molecule has 0 bridgehead atoms. The molecule has 0 aromatic carbocycles. The van der Waals surface area contributed by atoms with Gasteiger partial charge >= 0.3 is 0 Å². The van der Waals surface area contributed by atoms with Crippen molar-refractivity contribution in [2.24, 2.45) is 0 Å². The van der Waals surface area contributed by atoms with Crippen molar-refractivity contribution in [1.29, 1.82) is 0 Å². The topological polar surface area (TPSA) is 23.5 Å². The maximum Gasteiger partial charge on any atom is 0.0696 e. The van der Waals surface area contributed by atoms with Crippen LogP contribution >= 0.6 is 0 Å². The minimum absolute atomic E-state index is 0.0212. The standard InChI is InChI=1S/C12H21NO/c14-12-8-7-10-4-1-3-9-5-2-6-11(12)13(9)10/h9-12,14H,1-8H2/t9-,10+,11-,12+/m1/s1. The molecule has 3 fully saturated rings. The average Bonchev–Trinajstić information content (AvgIpc) is 2.24. The van der Waals surface area contributed by atoms with Crippen molar-refractivity contribution in [2.45, 2.75) is 75.6 Å². The molecule has 3 saturated heterocycles. The molecule has 0 unspecified atom stereocenters. The van der Waals surface area contributed by atoms with Crippen molar-refractivity contribution in [1.82, 2.24) is 4.90 Å². The number of hydrogen-bond donors (Lipinski definition) is 1. The second kappa shape index (κ2) is 3.49. The summed E-state index contributed by atoms with van der Waals surface area (Å²) in [6.45, 7) is 0. The van der Waals surface area contributed by atoms with E-state index in [0.717, 1.165) is 18.5 Å². The molecule has 0 saturated carbocycles. The molecule has 1 N–H and O–H groups in total. The summed E-state index contributed by atoms with van der Waals surface area (Å²) in [5.41, 5.74) is 0. The van der Waals surface area contributed by atoms with Crippen molar-refractivity contribution in [2.75, 3.05) is 0 Å². The Labute approximate surface area is 86.3 Å². The summed E-state index contributed by atoms with van der Waals surface area (Å²) in [4.78, 5) is 2.70. The average molecular weight is 195 g/mol. The van der Waals surface area contributed by atoms with Gasteiger partial charge in [-0.3, -0.25) is 4.90 Å². The van der Waals surface area contributed by atoms with Crippen molar-refractivity contribution >= 4 is 0 Å². The number of aliphatic hydroxyl groups excluding tert-OH is 1. The monoisotopic (exact) mass is 195 g/mol. The van der Waals surface area contributed by atoms with Crippen LogP contribution in [0.1, 0.15) is 51.4 Å². The summed E-state index contributed by atoms with van der Waals surface area (Å²) < 4.78 is 0. The fourth-order valence-electron chi connectivity index (χ4n) is 3.97. The zero-order valence-corrected chi connectivity index (χ0v) is 8.86. The van der Waals surface area contributed by atoms with E-state index in [1.807, 2.05) is 0 Å². The third kappa shape index (κ3) is 1.31. The summed E-state index contributed by atoms with van der Waals surface area (Å²) in [6.07, 6.45) is 10.5. The molecule has 0 radical (unpaired) electrons. The third-order valence-electron chi connectivity index (χ3n) is 4.58. The first kappa shape index (κ1) is 9.17. The number of nitrogens with zero attached hydrogens (tertiary/aromatic N) is 1. The highest BCUT2D eigenvalue weighted by Gasteiger charge is 2.43. The second-order valence-corrected chi connectivity index (χ2v) is 5.33. The third-order valence-corrected chi connectivity index (χ3v) is 4.58. The normalized spacial score (nSPS) is 48.6. The molecule has 2 heteroatoms. The van der Waals surface area contributed by atoms with E-state index in [9.17, 15) is 5.11 Å². The Balaban J connectivity index is 1.84. The molecule has 14 heavy (non-hydrogen) atoms. The summed E-state index contributed by atoms with van der Waals surface area (Å²) in [5, 5.41) is 10.0. The molecular formula is C12H21NO. The lowest BCUT2D eigenvalue weighted by Crippen LogP contribution is -2.61. The molecule has 2 nitrogen and oxygen atoms in total. The van der Waals surface area contributed by atoms with Gasteiger partial charge in [0, 0.05) is 18.1 Å². The van der Waals surface area contributed by atoms with Gasteiger partial charge in [-0.1, -0.05) is 12.8 Å². The van der Waals surface area contributed by atoms with Gasteiger partial charge in [0.05, 0.1) is 6.10 Å². The van der Waals surface area contributed by atoms with Crippen LogP contribution in [0.4, 0.5) is 0 Å². The lowest BCUT2D eigenvalue weighted by atomic mass is 9.78. The number of hydrogen-bond acceptors (Lipinski definition) is 2. The lowest BCUT2D eigenvalue weighted by molar-refractivity contribution is -0.0866. The van der Waals surface area contributed by atoms with E-state index in [2.05, 4.69) is 4.90 Å². The Morgan fingerprint density at radius 2 is 1.43 bits per heavy atom. The summed E-state index contributed by atoms with van der Waals surface area (Å²) >= 11 is 0. The predicted octanol–water partition coefficient (Wildman–Crippen LogP) is 1.92. The minimum Gasteiger partial charge on any atom is -0.391 e. The van der Waals surface area contributed by atoms with E-state index < -0.39 is 0 Å². The molecule has 80 valence electrons. The Bertz CT molecular complexity index is 210. The molecule has 0 spiro atoms. The molecule has 3 heterocycles. The van der Waals surface area contributed by atoms with Crippen LogP contribution in [-0.4, -0.2) is 34.2 Å². The summed E-state index contributed by atoms with van der Waals surface area (Å²) in [6, 6.07) is 2.16. The zero-order valence-electron chi connectivity index (χ0n) is 8.86. The van der Waals surface area contributed by atoms with Gasteiger partial charge in [0.1, 0.15) is 0 Å². The first-order valence-corrected chi connectivity index (χ1v) is 6.32. The fraction of sp³-hybridized carbons (Fsp3) is 1.00. The van der Waals surface area contributed by atoms with Gasteiger partial charge in [0.15, 0.2) is 0 Å².